The van der Waals surface area contributed by atoms with Gasteiger partial charge in [0.05, 0.1) is 19.8 Å². The van der Waals surface area contributed by atoms with Gasteiger partial charge in [0.2, 0.25) is 5.91 Å². The topological polar surface area (TPSA) is 61.8 Å². The van der Waals surface area contributed by atoms with Crippen molar-refractivity contribution >= 4 is 5.91 Å². The van der Waals surface area contributed by atoms with Gasteiger partial charge in [0, 0.05) is 32.1 Å². The number of rotatable bonds is 6. The molecular formula is C15H22N2O3. The first-order valence-electron chi connectivity index (χ1n) is 7.03. The Bertz CT molecular complexity index is 405. The number of carbonyl (C=O) groups is 1. The maximum Gasteiger partial charge on any atom is 0.224 e. The first kappa shape index (κ1) is 15.0. The summed E-state index contributed by atoms with van der Waals surface area (Å²) in [6.07, 6.45) is 0.410. The number of aliphatic hydroxyl groups excluding tert-OH is 1. The van der Waals surface area contributed by atoms with E-state index in [2.05, 4.69) is 5.32 Å². The van der Waals surface area contributed by atoms with E-state index in [1.807, 2.05) is 30.3 Å². The van der Waals surface area contributed by atoms with Crippen molar-refractivity contribution in [2.24, 2.45) is 0 Å². The van der Waals surface area contributed by atoms with Crippen molar-refractivity contribution in [3.63, 3.8) is 0 Å². The van der Waals surface area contributed by atoms with E-state index in [1.54, 1.807) is 4.90 Å². The molecular weight excluding hydrogens is 256 g/mol. The lowest BCUT2D eigenvalue weighted by atomic mass is 10.1. The van der Waals surface area contributed by atoms with Gasteiger partial charge in [-0.15, -0.1) is 0 Å². The van der Waals surface area contributed by atoms with E-state index in [-0.39, 0.29) is 18.6 Å². The van der Waals surface area contributed by atoms with Crippen LogP contribution in [0.5, 0.6) is 0 Å². The molecule has 1 saturated heterocycles. The smallest absolute Gasteiger partial charge is 0.224 e. The Morgan fingerprint density at radius 2 is 2.20 bits per heavy atom. The van der Waals surface area contributed by atoms with Crippen molar-refractivity contribution in [3.05, 3.63) is 35.9 Å². The highest BCUT2D eigenvalue weighted by atomic mass is 16.5. The van der Waals surface area contributed by atoms with Crippen molar-refractivity contribution in [2.45, 2.75) is 19.0 Å². The lowest BCUT2D eigenvalue weighted by Gasteiger charge is -2.27. The lowest BCUT2D eigenvalue weighted by molar-refractivity contribution is -0.133. The number of ether oxygens (including phenoxy) is 1. The minimum absolute atomic E-state index is 0.0207. The van der Waals surface area contributed by atoms with Gasteiger partial charge in [0.15, 0.2) is 0 Å². The van der Waals surface area contributed by atoms with Crippen LogP contribution in [0.25, 0.3) is 0 Å². The number of aliphatic hydroxyl groups is 1. The van der Waals surface area contributed by atoms with Crippen LogP contribution in [0.4, 0.5) is 0 Å². The third kappa shape index (κ3) is 4.59. The van der Waals surface area contributed by atoms with Crippen molar-refractivity contribution in [2.75, 3.05) is 32.9 Å². The number of benzene rings is 1. The fourth-order valence-corrected chi connectivity index (χ4v) is 2.31. The van der Waals surface area contributed by atoms with Gasteiger partial charge in [-0.3, -0.25) is 4.79 Å². The molecule has 1 aliphatic rings. The zero-order valence-electron chi connectivity index (χ0n) is 11.6. The van der Waals surface area contributed by atoms with E-state index >= 15 is 0 Å². The van der Waals surface area contributed by atoms with Gasteiger partial charge < -0.3 is 20.1 Å². The minimum Gasteiger partial charge on any atom is -0.395 e. The van der Waals surface area contributed by atoms with Crippen LogP contribution in [-0.4, -0.2) is 54.9 Å². The minimum atomic E-state index is -0.0207. The van der Waals surface area contributed by atoms with Crippen LogP contribution < -0.4 is 5.32 Å². The molecule has 5 heteroatoms. The van der Waals surface area contributed by atoms with Crippen molar-refractivity contribution in [3.8, 4) is 0 Å². The molecule has 0 radical (unpaired) electrons. The predicted octanol–water partition coefficient (Wildman–Crippen LogP) is 0.386. The molecule has 1 atom stereocenters. The molecule has 0 spiro atoms. The number of nitrogens with one attached hydrogen (secondary N) is 1. The van der Waals surface area contributed by atoms with Gasteiger partial charge in [-0.2, -0.15) is 0 Å². The van der Waals surface area contributed by atoms with Crippen molar-refractivity contribution in [1.82, 2.24) is 10.2 Å². The zero-order valence-corrected chi connectivity index (χ0v) is 11.6. The lowest BCUT2D eigenvalue weighted by Crippen LogP contribution is -2.45. The second-order valence-electron chi connectivity index (χ2n) is 4.95. The molecule has 0 aliphatic carbocycles. The monoisotopic (exact) mass is 278 g/mol. The second-order valence-corrected chi connectivity index (χ2v) is 4.95. The molecule has 0 saturated carbocycles. The van der Waals surface area contributed by atoms with E-state index in [0.717, 1.165) is 12.1 Å². The van der Waals surface area contributed by atoms with Crippen LogP contribution >= 0.6 is 0 Å². The quantitative estimate of drug-likeness (QED) is 0.790. The highest BCUT2D eigenvalue weighted by Gasteiger charge is 2.21. The number of hydrogen-bond donors (Lipinski definition) is 2. The van der Waals surface area contributed by atoms with E-state index in [0.29, 0.717) is 32.7 Å². The average molecular weight is 278 g/mol. The molecule has 1 heterocycles. The SMILES string of the molecule is O=C(CC1COCCN1)N(CCO)Cc1ccccc1. The van der Waals surface area contributed by atoms with Gasteiger partial charge in [-0.25, -0.2) is 0 Å². The van der Waals surface area contributed by atoms with Crippen molar-refractivity contribution in [1.29, 1.82) is 0 Å². The normalized spacial score (nSPS) is 18.8. The first-order valence-corrected chi connectivity index (χ1v) is 7.03. The van der Waals surface area contributed by atoms with Gasteiger partial charge in [-0.05, 0) is 5.56 Å². The Labute approximate surface area is 119 Å². The number of nitrogens with zero attached hydrogens (tertiary/aromatic N) is 1. The molecule has 1 unspecified atom stereocenters. The molecule has 0 bridgehead atoms. The van der Waals surface area contributed by atoms with E-state index in [9.17, 15) is 4.79 Å². The van der Waals surface area contributed by atoms with Gasteiger partial charge in [0.25, 0.3) is 0 Å². The van der Waals surface area contributed by atoms with E-state index in [1.165, 1.54) is 0 Å². The number of amides is 1. The van der Waals surface area contributed by atoms with Crippen LogP contribution in [0.15, 0.2) is 30.3 Å². The maximum absolute atomic E-state index is 12.3. The van der Waals surface area contributed by atoms with Gasteiger partial charge in [0.1, 0.15) is 0 Å². The predicted molar refractivity (Wildman–Crippen MR) is 76.2 cm³/mol. The van der Waals surface area contributed by atoms with Crippen LogP contribution in [0, 0.1) is 0 Å². The van der Waals surface area contributed by atoms with E-state index < -0.39 is 0 Å². The molecule has 1 aliphatic heterocycles. The Morgan fingerprint density at radius 3 is 2.85 bits per heavy atom. The van der Waals surface area contributed by atoms with E-state index in [4.69, 9.17) is 9.84 Å². The third-order valence-corrected chi connectivity index (χ3v) is 3.36. The molecule has 0 aromatic heterocycles. The third-order valence-electron chi connectivity index (χ3n) is 3.36. The molecule has 2 rings (SSSR count). The number of morpholine rings is 1. The van der Waals surface area contributed by atoms with Crippen LogP contribution in [0.1, 0.15) is 12.0 Å². The maximum atomic E-state index is 12.3. The fraction of sp³-hybridized carbons (Fsp3) is 0.533. The fourth-order valence-electron chi connectivity index (χ4n) is 2.31. The molecule has 1 fully saturated rings. The first-order chi connectivity index (χ1) is 9.79. The summed E-state index contributed by atoms with van der Waals surface area (Å²) in [5.41, 5.74) is 1.07. The summed E-state index contributed by atoms with van der Waals surface area (Å²) >= 11 is 0. The second kappa shape index (κ2) is 7.99. The summed E-state index contributed by atoms with van der Waals surface area (Å²) in [5.74, 6) is 0.0471. The standard InChI is InChI=1S/C15H22N2O3/c18-8-7-17(11-13-4-2-1-3-5-13)15(19)10-14-12-20-9-6-16-14/h1-5,14,16,18H,6-12H2. The largest absolute Gasteiger partial charge is 0.395 e. The Balaban J connectivity index is 1.91. The van der Waals surface area contributed by atoms with Crippen LogP contribution in [0.2, 0.25) is 0 Å². The summed E-state index contributed by atoms with van der Waals surface area (Å²) in [4.78, 5) is 14.0. The molecule has 1 amide bonds. The molecule has 110 valence electrons. The molecule has 1 aromatic rings. The summed E-state index contributed by atoms with van der Waals surface area (Å²) < 4.78 is 5.36. The highest BCUT2D eigenvalue weighted by Crippen LogP contribution is 2.08. The van der Waals surface area contributed by atoms with Crippen molar-refractivity contribution < 1.29 is 14.6 Å². The number of hydrogen-bond acceptors (Lipinski definition) is 4. The molecule has 1 aromatic carbocycles. The van der Waals surface area contributed by atoms with Crippen LogP contribution in [-0.2, 0) is 16.1 Å². The highest BCUT2D eigenvalue weighted by molar-refractivity contribution is 5.76. The molecule has 20 heavy (non-hydrogen) atoms. The molecule has 5 nitrogen and oxygen atoms in total. The summed E-state index contributed by atoms with van der Waals surface area (Å²) in [7, 11) is 0. The molecule has 2 N–H and O–H groups in total. The summed E-state index contributed by atoms with van der Waals surface area (Å²) in [6, 6.07) is 9.90. The van der Waals surface area contributed by atoms with Crippen LogP contribution in [0.3, 0.4) is 0 Å². The summed E-state index contributed by atoms with van der Waals surface area (Å²) in [5, 5.41) is 12.4. The van der Waals surface area contributed by atoms with Gasteiger partial charge in [-0.1, -0.05) is 30.3 Å². The summed E-state index contributed by atoms with van der Waals surface area (Å²) in [6.45, 7) is 2.94. The number of carbonyl (C=O) groups excluding carboxylic acids is 1. The zero-order chi connectivity index (χ0) is 14.2. The average Bonchev–Trinajstić information content (AvgIpc) is 2.49. The van der Waals surface area contributed by atoms with Gasteiger partial charge >= 0.3 is 0 Å². The Hall–Kier alpha value is -1.43. The Morgan fingerprint density at radius 1 is 1.40 bits per heavy atom. The Kier molecular flexibility index (Phi) is 5.98.